The van der Waals surface area contributed by atoms with Crippen molar-refractivity contribution in [2.24, 2.45) is 0 Å². The summed E-state index contributed by atoms with van der Waals surface area (Å²) in [5.74, 6) is -0.184. The summed E-state index contributed by atoms with van der Waals surface area (Å²) in [6.45, 7) is 2.00. The lowest BCUT2D eigenvalue weighted by atomic mass is 9.97. The molecule has 18 heavy (non-hydrogen) atoms. The molecule has 0 amide bonds. The minimum absolute atomic E-state index is 0.152. The minimum Gasteiger partial charge on any atom is -0.313 e. The summed E-state index contributed by atoms with van der Waals surface area (Å²) in [5.41, 5.74) is 3.25. The Kier molecular flexibility index (Phi) is 4.05. The van der Waals surface area contributed by atoms with Crippen molar-refractivity contribution in [1.29, 1.82) is 0 Å². The number of aryl methyl sites for hydroxylation is 1. The van der Waals surface area contributed by atoms with Crippen LogP contribution in [0.15, 0.2) is 42.7 Å². The van der Waals surface area contributed by atoms with E-state index in [1.54, 1.807) is 12.3 Å². The van der Waals surface area contributed by atoms with E-state index in [1.165, 1.54) is 6.07 Å². The zero-order valence-electron chi connectivity index (χ0n) is 10.7. The molecule has 2 aromatic rings. The molecule has 1 unspecified atom stereocenters. The number of hydrogen-bond donors (Lipinski definition) is 1. The molecule has 3 heteroatoms. The zero-order chi connectivity index (χ0) is 13.0. The fourth-order valence-corrected chi connectivity index (χ4v) is 2.05. The van der Waals surface area contributed by atoms with Crippen molar-refractivity contribution in [2.75, 3.05) is 7.05 Å². The normalized spacial score (nSPS) is 12.4. The third-order valence-electron chi connectivity index (χ3n) is 3.17. The van der Waals surface area contributed by atoms with Crippen LogP contribution in [0.4, 0.5) is 4.39 Å². The molecule has 0 saturated heterocycles. The summed E-state index contributed by atoms with van der Waals surface area (Å²) >= 11 is 0. The van der Waals surface area contributed by atoms with E-state index in [0.29, 0.717) is 0 Å². The van der Waals surface area contributed by atoms with E-state index in [1.807, 2.05) is 38.4 Å². The summed E-state index contributed by atoms with van der Waals surface area (Å²) in [6.07, 6.45) is 4.35. The van der Waals surface area contributed by atoms with Gasteiger partial charge in [0.15, 0.2) is 0 Å². The lowest BCUT2D eigenvalue weighted by Crippen LogP contribution is -2.19. The monoisotopic (exact) mass is 244 g/mol. The number of nitrogens with zero attached hydrogens (tertiary/aromatic N) is 1. The van der Waals surface area contributed by atoms with Crippen molar-refractivity contribution >= 4 is 0 Å². The van der Waals surface area contributed by atoms with E-state index in [4.69, 9.17) is 0 Å². The van der Waals surface area contributed by atoms with Crippen molar-refractivity contribution < 1.29 is 4.39 Å². The number of aromatic nitrogens is 1. The first-order chi connectivity index (χ1) is 8.70. The van der Waals surface area contributed by atoms with Crippen LogP contribution in [-0.2, 0) is 6.42 Å². The van der Waals surface area contributed by atoms with E-state index in [-0.39, 0.29) is 11.9 Å². The van der Waals surface area contributed by atoms with Crippen LogP contribution in [0.3, 0.4) is 0 Å². The van der Waals surface area contributed by atoms with Crippen LogP contribution in [-0.4, -0.2) is 12.0 Å². The summed E-state index contributed by atoms with van der Waals surface area (Å²) in [7, 11) is 1.91. The highest BCUT2D eigenvalue weighted by molar-refractivity contribution is 5.29. The molecule has 1 N–H and O–H groups in total. The van der Waals surface area contributed by atoms with E-state index >= 15 is 0 Å². The predicted molar refractivity (Wildman–Crippen MR) is 70.9 cm³/mol. The van der Waals surface area contributed by atoms with Gasteiger partial charge in [0.25, 0.3) is 0 Å². The summed E-state index contributed by atoms with van der Waals surface area (Å²) in [5, 5.41) is 3.25. The van der Waals surface area contributed by atoms with Gasteiger partial charge in [0.05, 0.1) is 0 Å². The molecule has 0 aliphatic heterocycles. The van der Waals surface area contributed by atoms with E-state index in [2.05, 4.69) is 10.3 Å². The second kappa shape index (κ2) is 5.74. The van der Waals surface area contributed by atoms with E-state index < -0.39 is 0 Å². The Hall–Kier alpha value is -1.74. The Balaban J connectivity index is 2.23. The first-order valence-electron chi connectivity index (χ1n) is 6.03. The van der Waals surface area contributed by atoms with Gasteiger partial charge in [0, 0.05) is 18.4 Å². The highest BCUT2D eigenvalue weighted by atomic mass is 19.1. The number of benzene rings is 1. The molecule has 0 saturated carbocycles. The molecule has 0 fully saturated rings. The van der Waals surface area contributed by atoms with Gasteiger partial charge in [0.2, 0.25) is 0 Å². The van der Waals surface area contributed by atoms with Gasteiger partial charge in [0.1, 0.15) is 5.82 Å². The summed E-state index contributed by atoms with van der Waals surface area (Å²) in [6, 6.07) is 9.02. The number of likely N-dealkylation sites (N-methyl/N-ethyl adjacent to an activating group) is 1. The molecule has 1 aromatic carbocycles. The fourth-order valence-electron chi connectivity index (χ4n) is 2.05. The standard InChI is InChI=1S/C15H17FN2/c1-11-5-6-14(16)8-13(11)9-15(17-2)12-4-3-7-18-10-12/h3-8,10,15,17H,9H2,1-2H3. The molecule has 2 nitrogen and oxygen atoms in total. The molecule has 94 valence electrons. The molecule has 0 aliphatic carbocycles. The van der Waals surface area contributed by atoms with Crippen molar-refractivity contribution in [2.45, 2.75) is 19.4 Å². The Bertz CT molecular complexity index is 511. The number of pyridine rings is 1. The average molecular weight is 244 g/mol. The molecule has 0 bridgehead atoms. The minimum atomic E-state index is -0.184. The molecule has 0 radical (unpaired) electrons. The first-order valence-corrected chi connectivity index (χ1v) is 6.03. The van der Waals surface area contributed by atoms with Gasteiger partial charge in [-0.2, -0.15) is 0 Å². The topological polar surface area (TPSA) is 24.9 Å². The molecular weight excluding hydrogens is 227 g/mol. The predicted octanol–water partition coefficient (Wildman–Crippen LogP) is 3.03. The maximum atomic E-state index is 13.3. The molecule has 0 aliphatic rings. The quantitative estimate of drug-likeness (QED) is 0.894. The van der Waals surface area contributed by atoms with Crippen molar-refractivity contribution in [3.8, 4) is 0 Å². The molecule has 1 aromatic heterocycles. The maximum Gasteiger partial charge on any atom is 0.123 e. The van der Waals surface area contributed by atoms with Crippen molar-refractivity contribution in [3.05, 3.63) is 65.2 Å². The van der Waals surface area contributed by atoms with Crippen LogP contribution in [0.25, 0.3) is 0 Å². The van der Waals surface area contributed by atoms with Crippen LogP contribution >= 0.6 is 0 Å². The van der Waals surface area contributed by atoms with Gasteiger partial charge in [-0.1, -0.05) is 12.1 Å². The lowest BCUT2D eigenvalue weighted by molar-refractivity contribution is 0.580. The van der Waals surface area contributed by atoms with Gasteiger partial charge >= 0.3 is 0 Å². The fraction of sp³-hybridized carbons (Fsp3) is 0.267. The third kappa shape index (κ3) is 2.93. The van der Waals surface area contributed by atoms with E-state index in [9.17, 15) is 4.39 Å². The van der Waals surface area contributed by atoms with Crippen molar-refractivity contribution in [1.82, 2.24) is 10.3 Å². The Morgan fingerprint density at radius 2 is 2.17 bits per heavy atom. The smallest absolute Gasteiger partial charge is 0.123 e. The number of nitrogens with one attached hydrogen (secondary N) is 1. The highest BCUT2D eigenvalue weighted by Crippen LogP contribution is 2.20. The number of rotatable bonds is 4. The average Bonchev–Trinajstić information content (AvgIpc) is 2.41. The lowest BCUT2D eigenvalue weighted by Gasteiger charge is -2.17. The highest BCUT2D eigenvalue weighted by Gasteiger charge is 2.12. The van der Waals surface area contributed by atoms with Crippen LogP contribution in [0.5, 0.6) is 0 Å². The molecule has 2 rings (SSSR count). The van der Waals surface area contributed by atoms with Crippen LogP contribution < -0.4 is 5.32 Å². The molecular formula is C15H17FN2. The SMILES string of the molecule is CNC(Cc1cc(F)ccc1C)c1cccnc1. The molecule has 0 spiro atoms. The molecule has 1 heterocycles. The van der Waals surface area contributed by atoms with Crippen LogP contribution in [0.2, 0.25) is 0 Å². The number of halogens is 1. The number of hydrogen-bond acceptors (Lipinski definition) is 2. The van der Waals surface area contributed by atoms with E-state index in [0.717, 1.165) is 23.1 Å². The Morgan fingerprint density at radius 3 is 2.83 bits per heavy atom. The first kappa shape index (κ1) is 12.7. The van der Waals surface area contributed by atoms with Crippen molar-refractivity contribution in [3.63, 3.8) is 0 Å². The summed E-state index contributed by atoms with van der Waals surface area (Å²) in [4.78, 5) is 4.12. The largest absolute Gasteiger partial charge is 0.313 e. The Labute approximate surface area is 107 Å². The second-order valence-electron chi connectivity index (χ2n) is 4.40. The van der Waals surface area contributed by atoms with Gasteiger partial charge in [-0.05, 0) is 55.3 Å². The third-order valence-corrected chi connectivity index (χ3v) is 3.17. The van der Waals surface area contributed by atoms with Crippen LogP contribution in [0.1, 0.15) is 22.7 Å². The zero-order valence-corrected chi connectivity index (χ0v) is 10.7. The summed E-state index contributed by atoms with van der Waals surface area (Å²) < 4.78 is 13.3. The van der Waals surface area contributed by atoms with Gasteiger partial charge < -0.3 is 5.32 Å². The molecule has 1 atom stereocenters. The van der Waals surface area contributed by atoms with Crippen LogP contribution in [0, 0.1) is 12.7 Å². The second-order valence-corrected chi connectivity index (χ2v) is 4.40. The van der Waals surface area contributed by atoms with Gasteiger partial charge in [-0.3, -0.25) is 4.98 Å². The van der Waals surface area contributed by atoms with Gasteiger partial charge in [-0.15, -0.1) is 0 Å². The van der Waals surface area contributed by atoms with Gasteiger partial charge in [-0.25, -0.2) is 4.39 Å². The Morgan fingerprint density at radius 1 is 1.33 bits per heavy atom. The maximum absolute atomic E-state index is 13.3.